The molecule has 0 saturated heterocycles. The Hall–Kier alpha value is -5.15. The molecular formula is C30H48N12O9. The van der Waals surface area contributed by atoms with E-state index in [4.69, 9.17) is 17.2 Å². The summed E-state index contributed by atoms with van der Waals surface area (Å²) in [5.74, 6) is -7.51. The van der Waals surface area contributed by atoms with Gasteiger partial charge in [0.25, 0.3) is 0 Å². The van der Waals surface area contributed by atoms with Gasteiger partial charge in [0.2, 0.25) is 35.4 Å². The lowest BCUT2D eigenvalue weighted by atomic mass is 10.0. The molecule has 0 bridgehead atoms. The Morgan fingerprint density at radius 2 is 1.27 bits per heavy atom. The number of carboxylic acids is 1. The normalized spacial score (nSPS) is 16.9. The third kappa shape index (κ3) is 14.3. The summed E-state index contributed by atoms with van der Waals surface area (Å²) >= 11 is 0. The Morgan fingerprint density at radius 1 is 0.745 bits per heavy atom. The fourth-order valence-electron chi connectivity index (χ4n) is 4.84. The quantitative estimate of drug-likeness (QED) is 0.0447. The fourth-order valence-corrected chi connectivity index (χ4v) is 4.84. The molecule has 0 saturated carbocycles. The van der Waals surface area contributed by atoms with E-state index in [2.05, 4.69) is 46.6 Å². The summed E-state index contributed by atoms with van der Waals surface area (Å²) in [6.07, 6.45) is 3.12. The van der Waals surface area contributed by atoms with E-state index in [0.29, 0.717) is 30.8 Å². The lowest BCUT2D eigenvalue weighted by molar-refractivity contribution is -0.142. The van der Waals surface area contributed by atoms with Gasteiger partial charge in [-0.05, 0) is 31.7 Å². The van der Waals surface area contributed by atoms with E-state index < -0.39 is 96.6 Å². The molecule has 282 valence electrons. The van der Waals surface area contributed by atoms with Gasteiger partial charge in [0.1, 0.15) is 43.5 Å². The third-order valence-corrected chi connectivity index (χ3v) is 7.68. The standard InChI is InChI=1S/C30H48N12O9/c1-15(2)24(30(51)40-20(8-17-11-35-14-37-17)27(48)38-19(25(33)46)5-3-4-6-31)42-28(49)21(9-23(44)45)39-29(50)22(12-43)41-26(47)18(32)7-16-10-34-13-36-16/h10-11,15,18-22,24,43H,3-9,12-14,31-32H2,1-2H3,(H2,33,46)(H,38,48)(H,39,50)(H,40,51)(H,41,47)(H,42,49)(H,44,45)/t18-,19-,20-,21-,22-,24-/m0/s1. The van der Waals surface area contributed by atoms with Gasteiger partial charge in [-0.15, -0.1) is 0 Å². The molecule has 0 aromatic rings. The molecule has 2 aliphatic rings. The second-order valence-electron chi connectivity index (χ2n) is 12.2. The lowest BCUT2D eigenvalue weighted by Gasteiger charge is -2.28. The predicted molar refractivity (Wildman–Crippen MR) is 185 cm³/mol. The molecule has 0 aromatic carbocycles. The van der Waals surface area contributed by atoms with Crippen LogP contribution in [0.25, 0.3) is 0 Å². The molecule has 6 amide bonds. The number of rotatable bonds is 23. The van der Waals surface area contributed by atoms with Crippen LogP contribution in [-0.4, -0.2) is 138 Å². The Morgan fingerprint density at radius 3 is 1.78 bits per heavy atom. The van der Waals surface area contributed by atoms with Crippen LogP contribution in [0.3, 0.4) is 0 Å². The van der Waals surface area contributed by atoms with Crippen LogP contribution in [0.2, 0.25) is 0 Å². The van der Waals surface area contributed by atoms with Gasteiger partial charge in [-0.3, -0.25) is 53.5 Å². The van der Waals surface area contributed by atoms with Crippen LogP contribution in [0.4, 0.5) is 0 Å². The summed E-state index contributed by atoms with van der Waals surface area (Å²) in [5.41, 5.74) is 17.7. The predicted octanol–water partition coefficient (Wildman–Crippen LogP) is -4.78. The number of carboxylic acid groups (broad SMARTS) is 1. The average molecular weight is 721 g/mol. The van der Waals surface area contributed by atoms with Crippen molar-refractivity contribution in [1.82, 2.24) is 26.6 Å². The monoisotopic (exact) mass is 720 g/mol. The van der Waals surface area contributed by atoms with Crippen LogP contribution in [0.5, 0.6) is 0 Å². The van der Waals surface area contributed by atoms with Crippen LogP contribution in [0, 0.1) is 5.92 Å². The summed E-state index contributed by atoms with van der Waals surface area (Å²) in [4.78, 5) is 106. The van der Waals surface area contributed by atoms with Crippen LogP contribution in [0.15, 0.2) is 20.0 Å². The molecule has 0 unspecified atom stereocenters. The zero-order valence-corrected chi connectivity index (χ0v) is 28.5. The molecule has 13 N–H and O–H groups in total. The van der Waals surface area contributed by atoms with Crippen LogP contribution < -0.4 is 43.8 Å². The van der Waals surface area contributed by atoms with Gasteiger partial charge in [0.15, 0.2) is 0 Å². The minimum Gasteiger partial charge on any atom is -0.481 e. The smallest absolute Gasteiger partial charge is 0.305 e. The van der Waals surface area contributed by atoms with Gasteiger partial charge in [-0.25, -0.2) is 0 Å². The molecule has 51 heavy (non-hydrogen) atoms. The number of unbranched alkanes of at least 4 members (excludes halogenated alkanes) is 1. The molecule has 2 aliphatic heterocycles. The number of aliphatic hydroxyl groups excluding tert-OH is 1. The van der Waals surface area contributed by atoms with Crippen molar-refractivity contribution in [3.8, 4) is 0 Å². The summed E-state index contributed by atoms with van der Waals surface area (Å²) in [7, 11) is 0. The number of nitrogens with two attached hydrogens (primary N) is 3. The molecule has 21 heteroatoms. The van der Waals surface area contributed by atoms with E-state index in [-0.39, 0.29) is 32.6 Å². The zero-order chi connectivity index (χ0) is 38.1. The second-order valence-corrected chi connectivity index (χ2v) is 12.2. The Bertz CT molecular complexity index is 1410. The van der Waals surface area contributed by atoms with Crippen molar-refractivity contribution >= 4 is 65.3 Å². The minimum absolute atomic E-state index is 0.00252. The Kier molecular flexibility index (Phi) is 17.4. The second kappa shape index (κ2) is 21.2. The van der Waals surface area contributed by atoms with E-state index >= 15 is 0 Å². The van der Waals surface area contributed by atoms with Crippen LogP contribution in [0.1, 0.15) is 52.4 Å². The van der Waals surface area contributed by atoms with E-state index in [0.717, 1.165) is 0 Å². The number of aliphatic imine (C=N–C) groups is 4. The molecule has 2 heterocycles. The maximum Gasteiger partial charge on any atom is 0.305 e. The SMILES string of the molecule is CC(C)[C@H](NC(=O)[C@H](CC(=O)O)NC(=O)[C@H](CO)NC(=O)[C@@H](N)CC1=NCN=C1)C(=O)N[C@@H](CC1=NCN=C1)C(=O)N[C@@H](CCCCN)C(N)=O. The van der Waals surface area contributed by atoms with Gasteiger partial charge in [0, 0.05) is 25.3 Å². The molecule has 21 nitrogen and oxygen atoms in total. The van der Waals surface area contributed by atoms with Crippen LogP contribution >= 0.6 is 0 Å². The zero-order valence-electron chi connectivity index (χ0n) is 28.5. The number of nitrogens with one attached hydrogen (secondary N) is 5. The fraction of sp³-hybridized carbons (Fsp3) is 0.633. The molecule has 0 aliphatic carbocycles. The van der Waals surface area contributed by atoms with E-state index in [1.807, 2.05) is 0 Å². The summed E-state index contributed by atoms with van der Waals surface area (Å²) < 4.78 is 0. The Labute approximate surface area is 293 Å². The molecular weight excluding hydrogens is 672 g/mol. The van der Waals surface area contributed by atoms with Crippen molar-refractivity contribution in [2.24, 2.45) is 43.1 Å². The van der Waals surface area contributed by atoms with Crippen molar-refractivity contribution < 1.29 is 43.8 Å². The maximum atomic E-state index is 13.6. The molecule has 0 fully saturated rings. The van der Waals surface area contributed by atoms with Crippen LogP contribution in [-0.2, 0) is 33.6 Å². The summed E-state index contributed by atoms with van der Waals surface area (Å²) in [6.45, 7) is 2.92. The number of hydrogen-bond acceptors (Lipinski definition) is 14. The highest BCUT2D eigenvalue weighted by atomic mass is 16.4. The molecule has 6 atom stereocenters. The van der Waals surface area contributed by atoms with Gasteiger partial charge in [-0.2, -0.15) is 0 Å². The van der Waals surface area contributed by atoms with Crippen molar-refractivity contribution in [1.29, 1.82) is 0 Å². The molecule has 2 rings (SSSR count). The number of aliphatic hydroxyl groups is 1. The first kappa shape index (κ1) is 42.0. The minimum atomic E-state index is -1.76. The van der Waals surface area contributed by atoms with Crippen molar-refractivity contribution in [3.63, 3.8) is 0 Å². The number of aliphatic carboxylic acids is 1. The topological polar surface area (TPSA) is 348 Å². The van der Waals surface area contributed by atoms with E-state index in [1.165, 1.54) is 12.4 Å². The van der Waals surface area contributed by atoms with Gasteiger partial charge in [0.05, 0.1) is 30.5 Å². The summed E-state index contributed by atoms with van der Waals surface area (Å²) in [5, 5.41) is 31.2. The lowest BCUT2D eigenvalue weighted by Crippen LogP contribution is -2.61. The first-order valence-electron chi connectivity index (χ1n) is 16.3. The maximum absolute atomic E-state index is 13.6. The Balaban J connectivity index is 2.17. The highest BCUT2D eigenvalue weighted by Crippen LogP contribution is 2.09. The number of hydrogen-bond donors (Lipinski definition) is 10. The van der Waals surface area contributed by atoms with Gasteiger partial charge >= 0.3 is 5.97 Å². The number of primary amides is 1. The first-order chi connectivity index (χ1) is 24.2. The molecule has 0 radical (unpaired) electrons. The number of nitrogens with zero attached hydrogens (tertiary/aromatic N) is 4. The number of carbonyl (C=O) groups excluding carboxylic acids is 6. The van der Waals surface area contributed by atoms with Gasteiger partial charge in [-0.1, -0.05) is 13.8 Å². The molecule has 0 spiro atoms. The third-order valence-electron chi connectivity index (χ3n) is 7.68. The van der Waals surface area contributed by atoms with Crippen molar-refractivity contribution in [3.05, 3.63) is 0 Å². The molecule has 0 aromatic heterocycles. The highest BCUT2D eigenvalue weighted by Gasteiger charge is 2.35. The number of carbonyl (C=O) groups is 7. The average Bonchev–Trinajstić information content (AvgIpc) is 3.79. The first-order valence-corrected chi connectivity index (χ1v) is 16.3. The van der Waals surface area contributed by atoms with Crippen molar-refractivity contribution in [2.75, 3.05) is 26.5 Å². The van der Waals surface area contributed by atoms with E-state index in [9.17, 15) is 43.8 Å². The number of amides is 6. The largest absolute Gasteiger partial charge is 0.481 e. The van der Waals surface area contributed by atoms with Crippen molar-refractivity contribution in [2.45, 2.75) is 88.6 Å². The van der Waals surface area contributed by atoms with Gasteiger partial charge < -0.3 is 54.0 Å². The summed E-state index contributed by atoms with van der Waals surface area (Å²) in [6, 6.07) is -8.24. The van der Waals surface area contributed by atoms with E-state index in [1.54, 1.807) is 13.8 Å². The highest BCUT2D eigenvalue weighted by molar-refractivity contribution is 6.32.